The smallest absolute Gasteiger partial charge is 0.407 e. The van der Waals surface area contributed by atoms with Crippen molar-refractivity contribution < 1.29 is 37.1 Å². The van der Waals surface area contributed by atoms with Gasteiger partial charge in [-0.25, -0.2) is 23.0 Å². The molecule has 2 fully saturated rings. The number of nitrogens with one attached hydrogen (secondary N) is 3. The topological polar surface area (TPSA) is 192 Å². The highest BCUT2D eigenvalue weighted by Gasteiger charge is 2.40. The molecule has 4 aliphatic heterocycles. The van der Waals surface area contributed by atoms with Crippen molar-refractivity contribution in [2.24, 2.45) is 16.8 Å². The predicted octanol–water partition coefficient (Wildman–Crippen LogP) is 5.49. The zero-order valence-electron chi connectivity index (χ0n) is 33.0. The van der Waals surface area contributed by atoms with Crippen molar-refractivity contribution in [2.45, 2.75) is 93.8 Å². The van der Waals surface area contributed by atoms with E-state index in [0.717, 1.165) is 36.1 Å². The van der Waals surface area contributed by atoms with Crippen LogP contribution in [-0.2, 0) is 28.9 Å². The number of hydrogen-bond acceptors (Lipinski definition) is 10. The molecule has 0 aliphatic carbocycles. The SMILES string of the molecule is COC(=O)NC(C(=O)N1CCC[C@@H]1C1=NC=C(c2ccc3c(c2)S(=O)(=O)c2cc(-c4cnc([C@H]5CCCN5C(=O)[C@H](NC(=O)OC)C(C)C)[nH]4)ccc2-3)C1)C(C)C. The molecule has 2 saturated heterocycles. The second kappa shape index (κ2) is 15.8. The molecule has 4 atom stereocenters. The van der Waals surface area contributed by atoms with Gasteiger partial charge in [0.25, 0.3) is 0 Å². The Morgan fingerprint density at radius 2 is 1.32 bits per heavy atom. The van der Waals surface area contributed by atoms with Gasteiger partial charge in [-0.05, 0) is 60.8 Å². The minimum absolute atomic E-state index is 0.149. The number of carbonyl (C=O) groups is 4. The van der Waals surface area contributed by atoms with E-state index in [-0.39, 0.29) is 45.5 Å². The van der Waals surface area contributed by atoms with E-state index in [1.54, 1.807) is 34.3 Å². The first-order chi connectivity index (χ1) is 27.2. The summed E-state index contributed by atoms with van der Waals surface area (Å²) in [6.45, 7) is 8.53. The number of H-pyrrole nitrogens is 1. The number of aromatic amines is 1. The Balaban J connectivity index is 1.06. The number of carbonyl (C=O) groups excluding carboxylic acids is 4. The maximum absolute atomic E-state index is 14.1. The van der Waals surface area contributed by atoms with Crippen molar-refractivity contribution in [3.8, 4) is 22.4 Å². The van der Waals surface area contributed by atoms with Gasteiger partial charge in [-0.2, -0.15) is 0 Å². The van der Waals surface area contributed by atoms with Crippen LogP contribution in [0.2, 0.25) is 0 Å². The average Bonchev–Trinajstić information content (AvgIpc) is 4.05. The summed E-state index contributed by atoms with van der Waals surface area (Å²) in [5, 5.41) is 5.34. The predicted molar refractivity (Wildman–Crippen MR) is 212 cm³/mol. The number of rotatable bonds is 10. The van der Waals surface area contributed by atoms with Gasteiger partial charge >= 0.3 is 12.2 Å². The molecule has 15 nitrogen and oxygen atoms in total. The number of methoxy groups -OCH3 is 2. The van der Waals surface area contributed by atoms with Crippen LogP contribution in [0.4, 0.5) is 9.59 Å². The van der Waals surface area contributed by atoms with Crippen LogP contribution in [0.3, 0.4) is 0 Å². The fourth-order valence-electron chi connectivity index (χ4n) is 8.35. The third-order valence-electron chi connectivity index (χ3n) is 11.4. The minimum Gasteiger partial charge on any atom is -0.453 e. The molecule has 4 aliphatic rings. The molecule has 0 spiro atoms. The number of allylic oxidation sites excluding steroid dienone is 1. The van der Waals surface area contributed by atoms with E-state index >= 15 is 0 Å². The maximum atomic E-state index is 14.1. The zero-order valence-corrected chi connectivity index (χ0v) is 33.8. The van der Waals surface area contributed by atoms with Crippen molar-refractivity contribution in [3.05, 3.63) is 60.2 Å². The molecule has 0 bridgehead atoms. The van der Waals surface area contributed by atoms with E-state index in [9.17, 15) is 27.6 Å². The molecular weight excluding hydrogens is 751 g/mol. The van der Waals surface area contributed by atoms with Gasteiger partial charge in [-0.3, -0.25) is 14.6 Å². The first-order valence-electron chi connectivity index (χ1n) is 19.4. The van der Waals surface area contributed by atoms with Crippen LogP contribution < -0.4 is 10.6 Å². The van der Waals surface area contributed by atoms with Crippen molar-refractivity contribution in [1.82, 2.24) is 30.4 Å². The lowest BCUT2D eigenvalue weighted by Crippen LogP contribution is -2.53. The van der Waals surface area contributed by atoms with Gasteiger partial charge in [-0.15, -0.1) is 0 Å². The molecule has 0 saturated carbocycles. The summed E-state index contributed by atoms with van der Waals surface area (Å²) >= 11 is 0. The Hall–Kier alpha value is -5.51. The van der Waals surface area contributed by atoms with E-state index in [4.69, 9.17) is 14.5 Å². The van der Waals surface area contributed by atoms with Gasteiger partial charge in [0.1, 0.15) is 17.9 Å². The molecule has 1 aromatic heterocycles. The number of amides is 4. The van der Waals surface area contributed by atoms with E-state index in [1.165, 1.54) is 14.2 Å². The van der Waals surface area contributed by atoms with Crippen LogP contribution in [0.1, 0.15) is 77.2 Å². The van der Waals surface area contributed by atoms with Crippen LogP contribution >= 0.6 is 0 Å². The summed E-state index contributed by atoms with van der Waals surface area (Å²) < 4.78 is 37.8. The van der Waals surface area contributed by atoms with Crippen molar-refractivity contribution in [1.29, 1.82) is 0 Å². The lowest BCUT2D eigenvalue weighted by molar-refractivity contribution is -0.135. The Kier molecular flexibility index (Phi) is 11.0. The molecule has 16 heteroatoms. The molecule has 2 aromatic carbocycles. The monoisotopic (exact) mass is 799 g/mol. The first kappa shape index (κ1) is 39.7. The van der Waals surface area contributed by atoms with Crippen molar-refractivity contribution in [3.63, 3.8) is 0 Å². The molecule has 302 valence electrons. The number of sulfone groups is 1. The number of ether oxygens (including phenoxy) is 2. The van der Waals surface area contributed by atoms with Crippen LogP contribution in [0.25, 0.3) is 28.0 Å². The quantitative estimate of drug-likeness (QED) is 0.186. The van der Waals surface area contributed by atoms with Crippen LogP contribution in [0, 0.1) is 11.8 Å². The highest BCUT2D eigenvalue weighted by molar-refractivity contribution is 7.92. The normalized spacial score (nSPS) is 20.5. The number of nitrogens with zero attached hydrogens (tertiary/aromatic N) is 4. The van der Waals surface area contributed by atoms with Gasteiger partial charge in [0.2, 0.25) is 21.7 Å². The van der Waals surface area contributed by atoms with Crippen LogP contribution in [0.5, 0.6) is 0 Å². The molecule has 1 unspecified atom stereocenters. The largest absolute Gasteiger partial charge is 0.453 e. The lowest BCUT2D eigenvalue weighted by atomic mass is 9.95. The summed E-state index contributed by atoms with van der Waals surface area (Å²) in [7, 11) is -1.35. The van der Waals surface area contributed by atoms with Gasteiger partial charge in [0.05, 0.1) is 48.0 Å². The molecule has 3 aromatic rings. The fraction of sp³-hybridized carbons (Fsp3) is 0.463. The second-order valence-electron chi connectivity index (χ2n) is 15.7. The molecule has 4 amide bonds. The number of imidazole rings is 1. The number of likely N-dealkylation sites (tertiary alicyclic amines) is 2. The van der Waals surface area contributed by atoms with Crippen LogP contribution in [0.15, 0.2) is 63.6 Å². The molecular formula is C41H49N7O8S. The van der Waals surface area contributed by atoms with E-state index < -0.39 is 34.1 Å². The van der Waals surface area contributed by atoms with E-state index in [1.807, 2.05) is 52.0 Å². The second-order valence-corrected chi connectivity index (χ2v) is 17.5. The third kappa shape index (κ3) is 7.42. The van der Waals surface area contributed by atoms with Gasteiger partial charge in [-0.1, -0.05) is 52.0 Å². The molecule has 57 heavy (non-hydrogen) atoms. The summed E-state index contributed by atoms with van der Waals surface area (Å²) in [6, 6.07) is 8.74. The number of aromatic nitrogens is 2. The van der Waals surface area contributed by atoms with Gasteiger partial charge < -0.3 is 34.9 Å². The van der Waals surface area contributed by atoms with E-state index in [0.29, 0.717) is 54.1 Å². The number of alkyl carbamates (subject to hydrolysis) is 2. The third-order valence-corrected chi connectivity index (χ3v) is 13.3. The molecule has 7 rings (SSSR count). The summed E-state index contributed by atoms with van der Waals surface area (Å²) in [5.74, 6) is -0.123. The standard InChI is InChI=1S/C41H49N7O8S/c1-22(2)35(45-40(51)55-5)38(49)47-15-7-9-31(47)29-17-26(20-42-29)24-11-13-27-28-14-12-25(19-34(28)57(53,54)33(27)18-24)30-21-43-37(44-30)32-10-8-16-48(32)39(50)36(23(3)4)46-41(52)56-6/h11-14,18-23,31-32,35-36H,7-10,15-17H2,1-6H3,(H,43,44)(H,45,51)(H,46,52)/t31-,32-,35?,36-/m1/s1. The Bertz CT molecular complexity index is 2280. The Morgan fingerprint density at radius 1 is 0.789 bits per heavy atom. The first-order valence-corrected chi connectivity index (χ1v) is 20.9. The number of hydrogen-bond donors (Lipinski definition) is 3. The summed E-state index contributed by atoms with van der Waals surface area (Å²) in [5.41, 5.74) is 4.92. The highest BCUT2D eigenvalue weighted by atomic mass is 32.2. The van der Waals surface area contributed by atoms with Gasteiger partial charge in [0, 0.05) is 48.1 Å². The molecule has 5 heterocycles. The average molecular weight is 800 g/mol. The summed E-state index contributed by atoms with van der Waals surface area (Å²) in [4.78, 5) is 67.9. The highest BCUT2D eigenvalue weighted by Crippen LogP contribution is 2.46. The lowest BCUT2D eigenvalue weighted by Gasteiger charge is -2.31. The number of fused-ring (bicyclic) bond motifs is 3. The number of aliphatic imine (C=N–C) groups is 1. The number of benzene rings is 2. The van der Waals surface area contributed by atoms with Crippen molar-refractivity contribution in [2.75, 3.05) is 27.3 Å². The Morgan fingerprint density at radius 3 is 1.88 bits per heavy atom. The Labute approximate surface area is 332 Å². The summed E-state index contributed by atoms with van der Waals surface area (Å²) in [6.07, 6.45) is 5.55. The van der Waals surface area contributed by atoms with Crippen LogP contribution in [-0.4, -0.2) is 103 Å². The zero-order chi connectivity index (χ0) is 40.8. The minimum atomic E-state index is -3.88. The maximum Gasteiger partial charge on any atom is 0.407 e. The van der Waals surface area contributed by atoms with Crippen molar-refractivity contribution >= 4 is 45.1 Å². The van der Waals surface area contributed by atoms with Gasteiger partial charge in [0.15, 0.2) is 0 Å². The molecule has 3 N–H and O–H groups in total. The van der Waals surface area contributed by atoms with E-state index in [2.05, 4.69) is 20.6 Å². The fourth-order valence-corrected chi connectivity index (χ4v) is 10.1. The molecule has 0 radical (unpaired) electrons.